The van der Waals surface area contributed by atoms with Crippen LogP contribution in [0.15, 0.2) is 30.5 Å². The van der Waals surface area contributed by atoms with E-state index in [1.54, 1.807) is 6.20 Å². The lowest BCUT2D eigenvalue weighted by Crippen LogP contribution is -2.29. The second-order valence-electron chi connectivity index (χ2n) is 4.46. The average molecular weight is 259 g/mol. The van der Waals surface area contributed by atoms with Gasteiger partial charge in [-0.05, 0) is 6.42 Å². The van der Waals surface area contributed by atoms with E-state index < -0.39 is 12.0 Å². The monoisotopic (exact) mass is 259 g/mol. The summed E-state index contributed by atoms with van der Waals surface area (Å²) in [6, 6.07) is 7.03. The molecule has 0 aliphatic heterocycles. The van der Waals surface area contributed by atoms with Crippen LogP contribution in [-0.4, -0.2) is 27.3 Å². The van der Waals surface area contributed by atoms with Gasteiger partial charge in [0.05, 0.1) is 6.20 Å². The van der Waals surface area contributed by atoms with Crippen molar-refractivity contribution >= 4 is 22.6 Å². The highest BCUT2D eigenvalue weighted by Gasteiger charge is 2.18. The van der Waals surface area contributed by atoms with Gasteiger partial charge in [-0.25, -0.2) is 4.79 Å². The molecule has 0 saturated heterocycles. The number of nitrogens with zero attached hydrogens (tertiary/aromatic N) is 2. The largest absolute Gasteiger partial charge is 0.480 e. The van der Waals surface area contributed by atoms with Crippen LogP contribution in [0.3, 0.4) is 0 Å². The van der Waals surface area contributed by atoms with Crippen molar-refractivity contribution in [3.63, 3.8) is 0 Å². The first kappa shape index (κ1) is 13.3. The number of nitrogens with one attached hydrogen (secondary N) is 1. The highest BCUT2D eigenvalue weighted by atomic mass is 16.4. The van der Waals surface area contributed by atoms with Crippen molar-refractivity contribution in [1.29, 1.82) is 0 Å². The number of hydrogen-bond acceptors (Lipinski definition) is 4. The SMILES string of the molecule is CCCCC(Nc1nncc2ccccc12)C(=O)O. The van der Waals surface area contributed by atoms with Crippen LogP contribution in [0.25, 0.3) is 10.8 Å². The Balaban J connectivity index is 2.26. The number of aliphatic carboxylic acids is 1. The number of carboxylic acids is 1. The van der Waals surface area contributed by atoms with E-state index >= 15 is 0 Å². The van der Waals surface area contributed by atoms with Crippen molar-refractivity contribution in [3.8, 4) is 0 Å². The first-order valence-electron chi connectivity index (χ1n) is 6.42. The average Bonchev–Trinajstić information content (AvgIpc) is 2.43. The van der Waals surface area contributed by atoms with Gasteiger partial charge in [-0.3, -0.25) is 0 Å². The Hall–Kier alpha value is -2.17. The van der Waals surface area contributed by atoms with E-state index in [2.05, 4.69) is 15.5 Å². The Labute approximate surface area is 111 Å². The van der Waals surface area contributed by atoms with E-state index in [9.17, 15) is 9.90 Å². The highest BCUT2D eigenvalue weighted by molar-refractivity contribution is 5.92. The zero-order chi connectivity index (χ0) is 13.7. The number of fused-ring (bicyclic) bond motifs is 1. The summed E-state index contributed by atoms with van der Waals surface area (Å²) in [6.45, 7) is 2.04. The van der Waals surface area contributed by atoms with Crippen LogP contribution >= 0.6 is 0 Å². The predicted molar refractivity (Wildman–Crippen MR) is 74.1 cm³/mol. The fourth-order valence-electron chi connectivity index (χ4n) is 1.97. The van der Waals surface area contributed by atoms with Crippen LogP contribution in [0.5, 0.6) is 0 Å². The second kappa shape index (κ2) is 6.13. The lowest BCUT2D eigenvalue weighted by Gasteiger charge is -2.15. The van der Waals surface area contributed by atoms with E-state index in [1.807, 2.05) is 31.2 Å². The lowest BCUT2D eigenvalue weighted by molar-refractivity contribution is -0.138. The van der Waals surface area contributed by atoms with Gasteiger partial charge in [-0.1, -0.05) is 44.0 Å². The Bertz CT molecular complexity index is 566. The molecule has 0 saturated carbocycles. The van der Waals surface area contributed by atoms with Crippen molar-refractivity contribution in [2.24, 2.45) is 0 Å². The van der Waals surface area contributed by atoms with Crippen LogP contribution in [0.1, 0.15) is 26.2 Å². The Morgan fingerprint density at radius 3 is 2.95 bits per heavy atom. The number of hydrogen-bond donors (Lipinski definition) is 2. The fraction of sp³-hybridized carbons (Fsp3) is 0.357. The van der Waals surface area contributed by atoms with Crippen molar-refractivity contribution in [2.45, 2.75) is 32.2 Å². The van der Waals surface area contributed by atoms with Crippen LogP contribution in [0.4, 0.5) is 5.82 Å². The zero-order valence-electron chi connectivity index (χ0n) is 10.8. The van der Waals surface area contributed by atoms with E-state index in [-0.39, 0.29) is 0 Å². The molecule has 5 nitrogen and oxygen atoms in total. The third-order valence-corrected chi connectivity index (χ3v) is 3.03. The second-order valence-corrected chi connectivity index (χ2v) is 4.46. The van der Waals surface area contributed by atoms with Crippen molar-refractivity contribution in [1.82, 2.24) is 10.2 Å². The molecule has 0 spiro atoms. The van der Waals surface area contributed by atoms with E-state index in [0.717, 1.165) is 23.6 Å². The summed E-state index contributed by atoms with van der Waals surface area (Å²) in [5, 5.41) is 22.0. The van der Waals surface area contributed by atoms with Gasteiger partial charge in [0.15, 0.2) is 5.82 Å². The molecule has 1 unspecified atom stereocenters. The molecule has 1 aromatic heterocycles. The van der Waals surface area contributed by atoms with Gasteiger partial charge in [0.1, 0.15) is 6.04 Å². The predicted octanol–water partition coefficient (Wildman–Crippen LogP) is 2.69. The molecule has 1 heterocycles. The molecule has 1 atom stereocenters. The third kappa shape index (κ3) is 3.19. The van der Waals surface area contributed by atoms with Gasteiger partial charge in [0, 0.05) is 10.8 Å². The Kier molecular flexibility index (Phi) is 4.28. The minimum atomic E-state index is -0.858. The maximum absolute atomic E-state index is 11.2. The Morgan fingerprint density at radius 1 is 1.42 bits per heavy atom. The molecule has 0 aliphatic rings. The van der Waals surface area contributed by atoms with E-state index in [4.69, 9.17) is 0 Å². The van der Waals surface area contributed by atoms with Crippen LogP contribution < -0.4 is 5.32 Å². The smallest absolute Gasteiger partial charge is 0.326 e. The molecule has 0 bridgehead atoms. The Morgan fingerprint density at radius 2 is 2.21 bits per heavy atom. The standard InChI is InChI=1S/C14H17N3O2/c1-2-3-8-12(14(18)19)16-13-11-7-5-4-6-10(11)9-15-17-13/h4-7,9,12H,2-3,8H2,1H3,(H,16,17)(H,18,19). The molecule has 100 valence electrons. The van der Waals surface area contributed by atoms with Gasteiger partial charge in [-0.15, -0.1) is 5.10 Å². The number of unbranched alkanes of at least 4 members (excludes halogenated alkanes) is 1. The lowest BCUT2D eigenvalue weighted by atomic mass is 10.1. The fourth-order valence-corrected chi connectivity index (χ4v) is 1.97. The molecule has 0 amide bonds. The first-order valence-corrected chi connectivity index (χ1v) is 6.42. The molecule has 2 rings (SSSR count). The maximum atomic E-state index is 11.2. The zero-order valence-corrected chi connectivity index (χ0v) is 10.8. The molecule has 5 heteroatoms. The topological polar surface area (TPSA) is 75.1 Å². The summed E-state index contributed by atoms with van der Waals surface area (Å²) in [5.74, 6) is -0.329. The molecule has 2 N–H and O–H groups in total. The van der Waals surface area contributed by atoms with Crippen molar-refractivity contribution in [3.05, 3.63) is 30.5 Å². The van der Waals surface area contributed by atoms with Crippen molar-refractivity contribution < 1.29 is 9.90 Å². The minimum absolute atomic E-state index is 0.529. The molecule has 19 heavy (non-hydrogen) atoms. The third-order valence-electron chi connectivity index (χ3n) is 3.03. The van der Waals surface area contributed by atoms with Gasteiger partial charge < -0.3 is 10.4 Å². The first-order chi connectivity index (χ1) is 9.22. The number of benzene rings is 1. The molecule has 1 aromatic carbocycles. The summed E-state index contributed by atoms with van der Waals surface area (Å²) in [7, 11) is 0. The molecule has 0 radical (unpaired) electrons. The van der Waals surface area contributed by atoms with E-state index in [0.29, 0.717) is 12.2 Å². The van der Waals surface area contributed by atoms with Gasteiger partial charge >= 0.3 is 5.97 Å². The van der Waals surface area contributed by atoms with Gasteiger partial charge in [-0.2, -0.15) is 5.10 Å². The van der Waals surface area contributed by atoms with Crippen LogP contribution in [-0.2, 0) is 4.79 Å². The molecular weight excluding hydrogens is 242 g/mol. The van der Waals surface area contributed by atoms with E-state index in [1.165, 1.54) is 0 Å². The minimum Gasteiger partial charge on any atom is -0.480 e. The summed E-state index contributed by atoms with van der Waals surface area (Å²) < 4.78 is 0. The molecule has 2 aromatic rings. The highest BCUT2D eigenvalue weighted by Crippen LogP contribution is 2.20. The summed E-state index contributed by atoms with van der Waals surface area (Å²) in [6.07, 6.45) is 4.08. The molecule has 0 aliphatic carbocycles. The summed E-state index contributed by atoms with van der Waals surface area (Å²) in [4.78, 5) is 11.2. The quantitative estimate of drug-likeness (QED) is 0.834. The number of aromatic nitrogens is 2. The summed E-state index contributed by atoms with van der Waals surface area (Å²) >= 11 is 0. The summed E-state index contributed by atoms with van der Waals surface area (Å²) in [5.41, 5.74) is 0. The number of anilines is 1. The normalized spacial score (nSPS) is 12.3. The van der Waals surface area contributed by atoms with Crippen LogP contribution in [0, 0.1) is 0 Å². The van der Waals surface area contributed by atoms with Crippen LogP contribution in [0.2, 0.25) is 0 Å². The number of carboxylic acid groups (broad SMARTS) is 1. The van der Waals surface area contributed by atoms with Crippen molar-refractivity contribution in [2.75, 3.05) is 5.32 Å². The maximum Gasteiger partial charge on any atom is 0.326 e. The van der Waals surface area contributed by atoms with Gasteiger partial charge in [0.2, 0.25) is 0 Å². The molecular formula is C14H17N3O2. The number of carbonyl (C=O) groups is 1. The van der Waals surface area contributed by atoms with Gasteiger partial charge in [0.25, 0.3) is 0 Å². The number of rotatable bonds is 6. The molecule has 0 fully saturated rings.